The highest BCUT2D eigenvalue weighted by Crippen LogP contribution is 2.29. The molecule has 1 N–H and O–H groups in total. The van der Waals surface area contributed by atoms with E-state index in [2.05, 4.69) is 37.1 Å². The number of nitrogens with zero attached hydrogens (tertiary/aromatic N) is 1. The molecule has 0 amide bonds. The second-order valence-corrected chi connectivity index (χ2v) is 5.72. The van der Waals surface area contributed by atoms with Crippen molar-refractivity contribution in [3.05, 3.63) is 29.6 Å². The minimum atomic E-state index is 0.696. The first-order valence-corrected chi connectivity index (χ1v) is 6.79. The molecule has 3 unspecified atom stereocenters. The first kappa shape index (κ1) is 12.6. The molecule has 1 heterocycles. The fourth-order valence-corrected chi connectivity index (χ4v) is 2.71. The lowest BCUT2D eigenvalue weighted by atomic mass is 9.79. The largest absolute Gasteiger partial charge is 0.310 e. The molecule has 3 atom stereocenters. The molecule has 2 rings (SSSR count). The second-order valence-electron chi connectivity index (χ2n) is 5.72. The normalized spacial score (nSPS) is 29.2. The highest BCUT2D eigenvalue weighted by Gasteiger charge is 2.23. The molecule has 1 aromatic heterocycles. The minimum Gasteiger partial charge on any atom is -0.310 e. The third-order valence-corrected chi connectivity index (χ3v) is 4.12. The van der Waals surface area contributed by atoms with E-state index in [-0.39, 0.29) is 0 Å². The predicted octanol–water partition coefficient (Wildman–Crippen LogP) is 3.30. The van der Waals surface area contributed by atoms with Gasteiger partial charge in [-0.25, -0.2) is 0 Å². The summed E-state index contributed by atoms with van der Waals surface area (Å²) in [5.74, 6) is 1.76. The SMILES string of the molecule is Cc1cncc(CNC2CCC(C)C(C)C2)c1. The van der Waals surface area contributed by atoms with Gasteiger partial charge in [0.2, 0.25) is 0 Å². The van der Waals surface area contributed by atoms with Crippen molar-refractivity contribution >= 4 is 0 Å². The number of hydrogen-bond acceptors (Lipinski definition) is 2. The van der Waals surface area contributed by atoms with Crippen LogP contribution in [0.3, 0.4) is 0 Å². The van der Waals surface area contributed by atoms with Crippen LogP contribution < -0.4 is 5.32 Å². The number of pyridine rings is 1. The smallest absolute Gasteiger partial charge is 0.0313 e. The highest BCUT2D eigenvalue weighted by molar-refractivity contribution is 5.16. The van der Waals surface area contributed by atoms with E-state index in [4.69, 9.17) is 0 Å². The second kappa shape index (κ2) is 5.63. The van der Waals surface area contributed by atoms with Gasteiger partial charge < -0.3 is 5.32 Å². The summed E-state index contributed by atoms with van der Waals surface area (Å²) in [6.07, 6.45) is 7.89. The fraction of sp³-hybridized carbons (Fsp3) is 0.667. The Morgan fingerprint density at radius 2 is 2.06 bits per heavy atom. The molecule has 0 bridgehead atoms. The molecule has 2 nitrogen and oxygen atoms in total. The molecule has 0 spiro atoms. The topological polar surface area (TPSA) is 24.9 Å². The zero-order valence-electron chi connectivity index (χ0n) is 11.2. The van der Waals surface area contributed by atoms with Crippen molar-refractivity contribution in [2.45, 2.75) is 52.6 Å². The molecule has 1 aliphatic rings. The number of rotatable bonds is 3. The molecular weight excluding hydrogens is 208 g/mol. The average molecular weight is 232 g/mol. The van der Waals surface area contributed by atoms with Crippen LogP contribution in [0.1, 0.15) is 44.2 Å². The van der Waals surface area contributed by atoms with Crippen LogP contribution in [0.2, 0.25) is 0 Å². The Balaban J connectivity index is 1.82. The van der Waals surface area contributed by atoms with Crippen LogP contribution >= 0.6 is 0 Å². The van der Waals surface area contributed by atoms with E-state index in [9.17, 15) is 0 Å². The lowest BCUT2D eigenvalue weighted by Gasteiger charge is -2.32. The van der Waals surface area contributed by atoms with E-state index in [1.165, 1.54) is 30.4 Å². The van der Waals surface area contributed by atoms with E-state index in [1.807, 2.05) is 12.4 Å². The summed E-state index contributed by atoms with van der Waals surface area (Å²) in [7, 11) is 0. The van der Waals surface area contributed by atoms with E-state index < -0.39 is 0 Å². The van der Waals surface area contributed by atoms with E-state index >= 15 is 0 Å². The Morgan fingerprint density at radius 1 is 1.24 bits per heavy atom. The van der Waals surface area contributed by atoms with Gasteiger partial charge in [-0.15, -0.1) is 0 Å². The van der Waals surface area contributed by atoms with Gasteiger partial charge in [-0.2, -0.15) is 0 Å². The Bertz CT molecular complexity index is 362. The number of aromatic nitrogens is 1. The van der Waals surface area contributed by atoms with Gasteiger partial charge in [-0.05, 0) is 49.1 Å². The summed E-state index contributed by atoms with van der Waals surface area (Å²) in [6, 6.07) is 2.91. The molecule has 1 saturated carbocycles. The molecule has 0 aliphatic heterocycles. The van der Waals surface area contributed by atoms with E-state index in [0.717, 1.165) is 18.4 Å². The molecule has 2 heteroatoms. The first-order chi connectivity index (χ1) is 8.15. The third-order valence-electron chi connectivity index (χ3n) is 4.12. The van der Waals surface area contributed by atoms with Crippen LogP contribution in [0.4, 0.5) is 0 Å². The maximum absolute atomic E-state index is 4.23. The molecule has 17 heavy (non-hydrogen) atoms. The Kier molecular flexibility index (Phi) is 4.16. The van der Waals surface area contributed by atoms with Crippen molar-refractivity contribution in [3.8, 4) is 0 Å². The molecule has 1 aliphatic carbocycles. The summed E-state index contributed by atoms with van der Waals surface area (Å²) in [5, 5.41) is 3.68. The Labute approximate surface area is 105 Å². The van der Waals surface area contributed by atoms with Gasteiger partial charge in [-0.3, -0.25) is 4.98 Å². The minimum absolute atomic E-state index is 0.696. The average Bonchev–Trinajstić information content (AvgIpc) is 2.31. The number of aryl methyl sites for hydroxylation is 1. The van der Waals surface area contributed by atoms with Crippen molar-refractivity contribution in [1.82, 2.24) is 10.3 Å². The highest BCUT2D eigenvalue weighted by atomic mass is 14.9. The quantitative estimate of drug-likeness (QED) is 0.865. The van der Waals surface area contributed by atoms with E-state index in [0.29, 0.717) is 6.04 Å². The molecule has 94 valence electrons. The summed E-state index contributed by atoms with van der Waals surface area (Å²) in [5.41, 5.74) is 2.55. The van der Waals surface area contributed by atoms with Crippen LogP contribution in [0.5, 0.6) is 0 Å². The summed E-state index contributed by atoms with van der Waals surface area (Å²) in [4.78, 5) is 4.23. The Morgan fingerprint density at radius 3 is 2.76 bits per heavy atom. The van der Waals surface area contributed by atoms with Crippen LogP contribution in [0.25, 0.3) is 0 Å². The third kappa shape index (κ3) is 3.53. The lowest BCUT2D eigenvalue weighted by molar-refractivity contribution is 0.225. The van der Waals surface area contributed by atoms with Gasteiger partial charge in [0.1, 0.15) is 0 Å². The van der Waals surface area contributed by atoms with Gasteiger partial charge in [0, 0.05) is 25.0 Å². The molecular formula is C15H24N2. The van der Waals surface area contributed by atoms with Crippen LogP contribution in [0, 0.1) is 18.8 Å². The Hall–Kier alpha value is -0.890. The van der Waals surface area contributed by atoms with Crippen molar-refractivity contribution < 1.29 is 0 Å². The fourth-order valence-electron chi connectivity index (χ4n) is 2.71. The lowest BCUT2D eigenvalue weighted by Crippen LogP contribution is -2.35. The van der Waals surface area contributed by atoms with Gasteiger partial charge >= 0.3 is 0 Å². The zero-order valence-corrected chi connectivity index (χ0v) is 11.2. The van der Waals surface area contributed by atoms with Gasteiger partial charge in [0.05, 0.1) is 0 Å². The van der Waals surface area contributed by atoms with Crippen molar-refractivity contribution in [1.29, 1.82) is 0 Å². The standard InChI is InChI=1S/C15H24N2/c1-11-6-14(9-16-8-11)10-17-15-5-4-12(2)13(3)7-15/h6,8-9,12-13,15,17H,4-5,7,10H2,1-3H3. The summed E-state index contributed by atoms with van der Waals surface area (Å²) >= 11 is 0. The molecule has 1 fully saturated rings. The maximum atomic E-state index is 4.23. The van der Waals surface area contributed by atoms with Crippen molar-refractivity contribution in [2.24, 2.45) is 11.8 Å². The molecule has 0 radical (unpaired) electrons. The monoisotopic (exact) mass is 232 g/mol. The zero-order chi connectivity index (χ0) is 12.3. The number of nitrogens with one attached hydrogen (secondary N) is 1. The maximum Gasteiger partial charge on any atom is 0.0313 e. The van der Waals surface area contributed by atoms with Crippen molar-refractivity contribution in [3.63, 3.8) is 0 Å². The first-order valence-electron chi connectivity index (χ1n) is 6.79. The molecule has 1 aromatic rings. The van der Waals surface area contributed by atoms with Gasteiger partial charge in [0.25, 0.3) is 0 Å². The van der Waals surface area contributed by atoms with E-state index in [1.54, 1.807) is 0 Å². The van der Waals surface area contributed by atoms with Crippen LogP contribution in [-0.4, -0.2) is 11.0 Å². The number of hydrogen-bond donors (Lipinski definition) is 1. The van der Waals surface area contributed by atoms with Gasteiger partial charge in [-0.1, -0.05) is 19.9 Å². The van der Waals surface area contributed by atoms with Crippen LogP contribution in [0.15, 0.2) is 18.5 Å². The molecule has 0 saturated heterocycles. The predicted molar refractivity (Wildman–Crippen MR) is 71.8 cm³/mol. The summed E-state index contributed by atoms with van der Waals surface area (Å²) in [6.45, 7) is 7.82. The summed E-state index contributed by atoms with van der Waals surface area (Å²) < 4.78 is 0. The van der Waals surface area contributed by atoms with Crippen molar-refractivity contribution in [2.75, 3.05) is 0 Å². The molecule has 0 aromatic carbocycles. The van der Waals surface area contributed by atoms with Crippen LogP contribution in [-0.2, 0) is 6.54 Å². The van der Waals surface area contributed by atoms with Gasteiger partial charge in [0.15, 0.2) is 0 Å².